The van der Waals surface area contributed by atoms with Crippen molar-refractivity contribution in [1.29, 1.82) is 0 Å². The first kappa shape index (κ1) is 9.40. The molecule has 2 aliphatic rings. The van der Waals surface area contributed by atoms with Gasteiger partial charge in [0.2, 0.25) is 0 Å². The van der Waals surface area contributed by atoms with Gasteiger partial charge in [-0.25, -0.2) is 0 Å². The lowest BCUT2D eigenvalue weighted by molar-refractivity contribution is 0.503. The fraction of sp³-hybridized carbons (Fsp3) is 0.750. The number of nitrogens with two attached hydrogens (primary N) is 1. The van der Waals surface area contributed by atoms with Crippen molar-refractivity contribution < 1.29 is 0 Å². The third kappa shape index (κ3) is 1.33. The van der Waals surface area contributed by atoms with E-state index < -0.39 is 0 Å². The standard InChI is InChI=1S/C12H19N3/c1-7(2)15-10-6-5-9(13)11(10)12(14-15)8-3-4-8/h7-9H,3-6,13H2,1-2H3. The van der Waals surface area contributed by atoms with E-state index in [1.165, 1.54) is 29.8 Å². The second-order valence-electron chi connectivity index (χ2n) is 5.20. The van der Waals surface area contributed by atoms with Gasteiger partial charge in [-0.3, -0.25) is 4.68 Å². The van der Waals surface area contributed by atoms with Gasteiger partial charge in [-0.2, -0.15) is 5.10 Å². The Labute approximate surface area is 90.7 Å². The summed E-state index contributed by atoms with van der Waals surface area (Å²) in [5.41, 5.74) is 10.3. The minimum Gasteiger partial charge on any atom is -0.324 e. The molecule has 0 bridgehead atoms. The maximum atomic E-state index is 6.17. The van der Waals surface area contributed by atoms with Crippen molar-refractivity contribution in [3.05, 3.63) is 17.0 Å². The van der Waals surface area contributed by atoms with Gasteiger partial charge < -0.3 is 5.73 Å². The molecule has 15 heavy (non-hydrogen) atoms. The Kier molecular flexibility index (Phi) is 1.93. The summed E-state index contributed by atoms with van der Waals surface area (Å²) in [5.74, 6) is 0.725. The Morgan fingerprint density at radius 3 is 2.67 bits per heavy atom. The van der Waals surface area contributed by atoms with Crippen LogP contribution in [0.4, 0.5) is 0 Å². The molecule has 3 rings (SSSR count). The van der Waals surface area contributed by atoms with Gasteiger partial charge >= 0.3 is 0 Å². The molecule has 3 nitrogen and oxygen atoms in total. The summed E-state index contributed by atoms with van der Waals surface area (Å²) in [6.07, 6.45) is 4.86. The summed E-state index contributed by atoms with van der Waals surface area (Å²) in [6, 6.07) is 0.722. The minimum atomic E-state index is 0.253. The summed E-state index contributed by atoms with van der Waals surface area (Å²) >= 11 is 0. The Balaban J connectivity index is 2.12. The lowest BCUT2D eigenvalue weighted by Gasteiger charge is -2.08. The molecule has 0 aliphatic heterocycles. The maximum Gasteiger partial charge on any atom is 0.0706 e. The first-order valence-electron chi connectivity index (χ1n) is 6.05. The van der Waals surface area contributed by atoms with E-state index in [9.17, 15) is 0 Å². The largest absolute Gasteiger partial charge is 0.324 e. The lowest BCUT2D eigenvalue weighted by atomic mass is 10.1. The quantitative estimate of drug-likeness (QED) is 0.805. The van der Waals surface area contributed by atoms with E-state index in [4.69, 9.17) is 10.8 Å². The molecule has 0 saturated heterocycles. The predicted octanol–water partition coefficient (Wildman–Crippen LogP) is 2.29. The first-order chi connectivity index (χ1) is 7.18. The van der Waals surface area contributed by atoms with Crippen LogP contribution in [0.15, 0.2) is 0 Å². The number of hydrogen-bond acceptors (Lipinski definition) is 2. The molecule has 0 aromatic carbocycles. The van der Waals surface area contributed by atoms with E-state index in [0.29, 0.717) is 6.04 Å². The second kappa shape index (κ2) is 3.08. The highest BCUT2D eigenvalue weighted by Crippen LogP contribution is 2.46. The Bertz CT molecular complexity index is 388. The van der Waals surface area contributed by atoms with Crippen LogP contribution in [0.3, 0.4) is 0 Å². The van der Waals surface area contributed by atoms with Crippen LogP contribution >= 0.6 is 0 Å². The van der Waals surface area contributed by atoms with Crippen molar-refractivity contribution >= 4 is 0 Å². The van der Waals surface area contributed by atoms with E-state index >= 15 is 0 Å². The van der Waals surface area contributed by atoms with Gasteiger partial charge in [0.1, 0.15) is 0 Å². The maximum absolute atomic E-state index is 6.17. The predicted molar refractivity (Wildman–Crippen MR) is 59.8 cm³/mol. The molecular weight excluding hydrogens is 186 g/mol. The molecule has 1 unspecified atom stereocenters. The van der Waals surface area contributed by atoms with E-state index in [0.717, 1.165) is 18.8 Å². The molecule has 82 valence electrons. The molecule has 3 heteroatoms. The van der Waals surface area contributed by atoms with Crippen molar-refractivity contribution in [2.45, 2.75) is 57.5 Å². The van der Waals surface area contributed by atoms with E-state index in [2.05, 4.69) is 18.5 Å². The molecule has 1 atom stereocenters. The van der Waals surface area contributed by atoms with Gasteiger partial charge in [-0.1, -0.05) is 0 Å². The van der Waals surface area contributed by atoms with E-state index in [1.807, 2.05) is 0 Å². The first-order valence-corrected chi connectivity index (χ1v) is 6.05. The number of hydrogen-bond donors (Lipinski definition) is 1. The zero-order valence-electron chi connectivity index (χ0n) is 9.53. The second-order valence-corrected chi connectivity index (χ2v) is 5.20. The molecule has 1 aromatic heterocycles. The van der Waals surface area contributed by atoms with Gasteiger partial charge in [-0.15, -0.1) is 0 Å². The Morgan fingerprint density at radius 2 is 2.07 bits per heavy atom. The number of nitrogens with zero attached hydrogens (tertiary/aromatic N) is 2. The summed E-state index contributed by atoms with van der Waals surface area (Å²) in [7, 11) is 0. The van der Waals surface area contributed by atoms with Crippen molar-refractivity contribution in [1.82, 2.24) is 9.78 Å². The number of fused-ring (bicyclic) bond motifs is 1. The summed E-state index contributed by atoms with van der Waals surface area (Å²) in [6.45, 7) is 4.40. The average Bonchev–Trinajstić information content (AvgIpc) is 2.85. The molecule has 2 aliphatic carbocycles. The highest BCUT2D eigenvalue weighted by molar-refractivity contribution is 5.38. The van der Waals surface area contributed by atoms with Crippen LogP contribution in [0.1, 0.15) is 68.1 Å². The zero-order chi connectivity index (χ0) is 10.6. The molecule has 0 spiro atoms. The fourth-order valence-electron chi connectivity index (χ4n) is 2.68. The van der Waals surface area contributed by atoms with Gasteiger partial charge in [0.25, 0.3) is 0 Å². The van der Waals surface area contributed by atoms with Crippen LogP contribution in [-0.4, -0.2) is 9.78 Å². The summed E-state index contributed by atoms with van der Waals surface area (Å²) in [5, 5.41) is 4.78. The van der Waals surface area contributed by atoms with Crippen LogP contribution < -0.4 is 5.73 Å². The van der Waals surface area contributed by atoms with E-state index in [1.54, 1.807) is 0 Å². The van der Waals surface area contributed by atoms with Crippen LogP contribution in [0.2, 0.25) is 0 Å². The molecule has 1 heterocycles. The molecule has 2 N–H and O–H groups in total. The van der Waals surface area contributed by atoms with Crippen LogP contribution in [-0.2, 0) is 6.42 Å². The smallest absolute Gasteiger partial charge is 0.0706 e. The number of aromatic nitrogens is 2. The van der Waals surface area contributed by atoms with Gasteiger partial charge in [0.05, 0.1) is 5.69 Å². The normalized spacial score (nSPS) is 24.9. The fourth-order valence-corrected chi connectivity index (χ4v) is 2.68. The highest BCUT2D eigenvalue weighted by Gasteiger charge is 2.36. The molecule has 1 saturated carbocycles. The van der Waals surface area contributed by atoms with Crippen molar-refractivity contribution in [3.8, 4) is 0 Å². The SMILES string of the molecule is CC(C)n1nc(C2CC2)c2c1CCC2N. The summed E-state index contributed by atoms with van der Waals surface area (Å²) < 4.78 is 2.20. The van der Waals surface area contributed by atoms with Gasteiger partial charge in [-0.05, 0) is 39.5 Å². The summed E-state index contributed by atoms with van der Waals surface area (Å²) in [4.78, 5) is 0. The number of rotatable bonds is 2. The Morgan fingerprint density at radius 1 is 1.33 bits per heavy atom. The molecular formula is C12H19N3. The van der Waals surface area contributed by atoms with Crippen LogP contribution in [0.25, 0.3) is 0 Å². The molecule has 1 aromatic rings. The van der Waals surface area contributed by atoms with Crippen LogP contribution in [0.5, 0.6) is 0 Å². The molecule has 0 amide bonds. The van der Waals surface area contributed by atoms with Crippen molar-refractivity contribution in [2.24, 2.45) is 5.73 Å². The van der Waals surface area contributed by atoms with Crippen LogP contribution in [0, 0.1) is 0 Å². The van der Waals surface area contributed by atoms with Gasteiger partial charge in [0.15, 0.2) is 0 Å². The monoisotopic (exact) mass is 205 g/mol. The topological polar surface area (TPSA) is 43.8 Å². The molecule has 0 radical (unpaired) electrons. The molecule has 1 fully saturated rings. The Hall–Kier alpha value is -0.830. The van der Waals surface area contributed by atoms with Crippen molar-refractivity contribution in [2.75, 3.05) is 0 Å². The minimum absolute atomic E-state index is 0.253. The zero-order valence-corrected chi connectivity index (χ0v) is 9.53. The average molecular weight is 205 g/mol. The van der Waals surface area contributed by atoms with Crippen molar-refractivity contribution in [3.63, 3.8) is 0 Å². The lowest BCUT2D eigenvalue weighted by Crippen LogP contribution is -2.08. The third-order valence-corrected chi connectivity index (χ3v) is 3.59. The van der Waals surface area contributed by atoms with Gasteiger partial charge in [0, 0.05) is 29.3 Å². The third-order valence-electron chi connectivity index (χ3n) is 3.59. The highest BCUT2D eigenvalue weighted by atomic mass is 15.3. The van der Waals surface area contributed by atoms with E-state index in [-0.39, 0.29) is 6.04 Å².